The highest BCUT2D eigenvalue weighted by atomic mass is 16.5. The fourth-order valence-corrected chi connectivity index (χ4v) is 3.09. The molecule has 0 aliphatic carbocycles. The van der Waals surface area contributed by atoms with Gasteiger partial charge in [-0.2, -0.15) is 0 Å². The highest BCUT2D eigenvalue weighted by Gasteiger charge is 2.22. The third-order valence-corrected chi connectivity index (χ3v) is 4.45. The number of rotatable bonds is 7. The Morgan fingerprint density at radius 3 is 2.50 bits per heavy atom. The van der Waals surface area contributed by atoms with Crippen molar-refractivity contribution in [1.82, 2.24) is 9.88 Å². The zero-order chi connectivity index (χ0) is 20.3. The summed E-state index contributed by atoms with van der Waals surface area (Å²) >= 11 is 0. The lowest BCUT2D eigenvalue weighted by Gasteiger charge is -2.12. The van der Waals surface area contributed by atoms with E-state index in [0.29, 0.717) is 5.75 Å². The van der Waals surface area contributed by atoms with E-state index in [4.69, 9.17) is 9.47 Å². The molecule has 0 saturated heterocycles. The molecule has 2 aromatic carbocycles. The van der Waals surface area contributed by atoms with Gasteiger partial charge in [0, 0.05) is 23.6 Å². The van der Waals surface area contributed by atoms with Crippen molar-refractivity contribution in [2.75, 3.05) is 27.7 Å². The molecule has 3 aromatic rings. The van der Waals surface area contributed by atoms with Gasteiger partial charge >= 0.3 is 11.9 Å². The Kier molecular flexibility index (Phi) is 5.65. The topological polar surface area (TPSA) is 91.9 Å². The molecule has 7 nitrogen and oxygen atoms in total. The number of carbonyl (C=O) groups excluding carboxylic acids is 1. The SMILES string of the molecule is COc1c(C(=O)O)cccc1C(=O)Oc1cccc2[nH]cc(CCN(C)C)c12. The minimum Gasteiger partial charge on any atom is -0.495 e. The molecule has 146 valence electrons. The largest absolute Gasteiger partial charge is 0.495 e. The van der Waals surface area contributed by atoms with Crippen LogP contribution in [0.4, 0.5) is 0 Å². The molecule has 3 rings (SSSR count). The average molecular weight is 382 g/mol. The van der Waals surface area contributed by atoms with E-state index < -0.39 is 11.9 Å². The monoisotopic (exact) mass is 382 g/mol. The van der Waals surface area contributed by atoms with Crippen LogP contribution in [-0.2, 0) is 6.42 Å². The molecular formula is C21H22N2O5. The zero-order valence-electron chi connectivity index (χ0n) is 16.0. The maximum absolute atomic E-state index is 12.8. The smallest absolute Gasteiger partial charge is 0.347 e. The van der Waals surface area contributed by atoms with Gasteiger partial charge in [-0.25, -0.2) is 9.59 Å². The molecule has 0 aliphatic rings. The number of esters is 1. The van der Waals surface area contributed by atoms with Crippen molar-refractivity contribution in [1.29, 1.82) is 0 Å². The number of hydrogen-bond donors (Lipinski definition) is 2. The highest BCUT2D eigenvalue weighted by Crippen LogP contribution is 2.31. The van der Waals surface area contributed by atoms with Gasteiger partial charge < -0.3 is 24.5 Å². The van der Waals surface area contributed by atoms with Gasteiger partial charge in [-0.1, -0.05) is 12.1 Å². The number of aromatic nitrogens is 1. The predicted molar refractivity (Wildman–Crippen MR) is 105 cm³/mol. The molecule has 0 spiro atoms. The van der Waals surface area contributed by atoms with Crippen LogP contribution in [0.2, 0.25) is 0 Å². The Balaban J connectivity index is 1.97. The minimum absolute atomic E-state index is 0.0194. The Morgan fingerprint density at radius 2 is 1.82 bits per heavy atom. The maximum atomic E-state index is 12.8. The molecule has 1 aromatic heterocycles. The minimum atomic E-state index is -1.18. The summed E-state index contributed by atoms with van der Waals surface area (Å²) in [5.74, 6) is -1.45. The predicted octanol–water partition coefficient (Wildman–Crippen LogP) is 3.20. The summed E-state index contributed by atoms with van der Waals surface area (Å²) in [5, 5.41) is 10.1. The Labute approximate surface area is 162 Å². The fourth-order valence-electron chi connectivity index (χ4n) is 3.09. The number of nitrogens with zero attached hydrogens (tertiary/aromatic N) is 1. The third kappa shape index (κ3) is 3.84. The number of para-hydroxylation sites is 1. The first kappa shape index (κ1) is 19.4. The second kappa shape index (κ2) is 8.14. The summed E-state index contributed by atoms with van der Waals surface area (Å²) in [6.45, 7) is 0.851. The highest BCUT2D eigenvalue weighted by molar-refractivity contribution is 6.01. The lowest BCUT2D eigenvalue weighted by Crippen LogP contribution is -2.15. The first-order valence-electron chi connectivity index (χ1n) is 8.78. The molecule has 1 heterocycles. The van der Waals surface area contributed by atoms with Crippen LogP contribution in [0.5, 0.6) is 11.5 Å². The second-order valence-corrected chi connectivity index (χ2v) is 6.63. The molecule has 0 unspecified atom stereocenters. The summed E-state index contributed by atoms with van der Waals surface area (Å²) in [5.41, 5.74) is 1.87. The quantitative estimate of drug-likeness (QED) is 0.482. The number of benzene rings is 2. The number of carboxylic acids is 1. The molecule has 0 bridgehead atoms. The summed E-state index contributed by atoms with van der Waals surface area (Å²) in [7, 11) is 5.32. The normalized spacial score (nSPS) is 11.0. The summed E-state index contributed by atoms with van der Waals surface area (Å²) in [4.78, 5) is 29.5. The maximum Gasteiger partial charge on any atom is 0.347 e. The molecule has 0 saturated carbocycles. The molecule has 7 heteroatoms. The fraction of sp³-hybridized carbons (Fsp3) is 0.238. The molecule has 0 atom stereocenters. The van der Waals surface area contributed by atoms with Crippen LogP contribution in [0.25, 0.3) is 10.9 Å². The first-order chi connectivity index (χ1) is 13.4. The molecular weight excluding hydrogens is 360 g/mol. The molecule has 0 aliphatic heterocycles. The number of fused-ring (bicyclic) bond motifs is 1. The molecule has 0 radical (unpaired) electrons. The number of carbonyl (C=O) groups is 2. The van der Waals surface area contributed by atoms with Crippen LogP contribution < -0.4 is 9.47 Å². The molecule has 0 fully saturated rings. The Bertz CT molecular complexity index is 1020. The molecule has 0 amide bonds. The van der Waals surface area contributed by atoms with Crippen LogP contribution >= 0.6 is 0 Å². The third-order valence-electron chi connectivity index (χ3n) is 4.45. The average Bonchev–Trinajstić information content (AvgIpc) is 3.09. The number of H-pyrrole nitrogens is 1. The van der Waals surface area contributed by atoms with E-state index in [2.05, 4.69) is 9.88 Å². The van der Waals surface area contributed by atoms with Gasteiger partial charge in [-0.05, 0) is 50.3 Å². The first-order valence-corrected chi connectivity index (χ1v) is 8.78. The van der Waals surface area contributed by atoms with E-state index in [-0.39, 0.29) is 16.9 Å². The van der Waals surface area contributed by atoms with Crippen molar-refractivity contribution >= 4 is 22.8 Å². The lowest BCUT2D eigenvalue weighted by molar-refractivity contribution is 0.0693. The number of likely N-dealkylation sites (N-methyl/N-ethyl adjacent to an activating group) is 1. The van der Waals surface area contributed by atoms with Crippen molar-refractivity contribution in [2.45, 2.75) is 6.42 Å². The number of aromatic amines is 1. The van der Waals surface area contributed by atoms with E-state index in [1.807, 2.05) is 26.4 Å². The number of ether oxygens (including phenoxy) is 2. The van der Waals surface area contributed by atoms with E-state index in [0.717, 1.165) is 29.4 Å². The van der Waals surface area contributed by atoms with E-state index in [1.54, 1.807) is 12.1 Å². The van der Waals surface area contributed by atoms with Crippen LogP contribution in [0.3, 0.4) is 0 Å². The zero-order valence-corrected chi connectivity index (χ0v) is 16.0. The van der Waals surface area contributed by atoms with Gasteiger partial charge in [-0.3, -0.25) is 0 Å². The summed E-state index contributed by atoms with van der Waals surface area (Å²) in [6, 6.07) is 9.78. The second-order valence-electron chi connectivity index (χ2n) is 6.63. The number of aromatic carboxylic acids is 1. The van der Waals surface area contributed by atoms with Crippen LogP contribution in [-0.4, -0.2) is 54.7 Å². The van der Waals surface area contributed by atoms with Crippen molar-refractivity contribution in [3.8, 4) is 11.5 Å². The Morgan fingerprint density at radius 1 is 1.11 bits per heavy atom. The Hall–Kier alpha value is -3.32. The van der Waals surface area contributed by atoms with E-state index >= 15 is 0 Å². The van der Waals surface area contributed by atoms with Gasteiger partial charge in [0.05, 0.1) is 7.11 Å². The van der Waals surface area contributed by atoms with Crippen LogP contribution in [0.1, 0.15) is 26.3 Å². The number of methoxy groups -OCH3 is 1. The van der Waals surface area contributed by atoms with Gasteiger partial charge in [0.25, 0.3) is 0 Å². The van der Waals surface area contributed by atoms with Crippen molar-refractivity contribution in [3.05, 3.63) is 59.3 Å². The van der Waals surface area contributed by atoms with E-state index in [9.17, 15) is 14.7 Å². The van der Waals surface area contributed by atoms with Gasteiger partial charge in [-0.15, -0.1) is 0 Å². The van der Waals surface area contributed by atoms with Crippen molar-refractivity contribution in [3.63, 3.8) is 0 Å². The van der Waals surface area contributed by atoms with E-state index in [1.165, 1.54) is 25.3 Å². The van der Waals surface area contributed by atoms with Crippen molar-refractivity contribution in [2.24, 2.45) is 0 Å². The lowest BCUT2D eigenvalue weighted by atomic mass is 10.1. The number of nitrogens with one attached hydrogen (secondary N) is 1. The number of carboxylic acid groups (broad SMARTS) is 1. The molecule has 2 N–H and O–H groups in total. The van der Waals surface area contributed by atoms with Gasteiger partial charge in [0.1, 0.15) is 22.6 Å². The van der Waals surface area contributed by atoms with Gasteiger partial charge in [0.2, 0.25) is 0 Å². The molecule has 28 heavy (non-hydrogen) atoms. The van der Waals surface area contributed by atoms with Crippen molar-refractivity contribution < 1.29 is 24.2 Å². The summed E-state index contributed by atoms with van der Waals surface area (Å²) < 4.78 is 10.8. The summed E-state index contributed by atoms with van der Waals surface area (Å²) in [6.07, 6.45) is 2.70. The van der Waals surface area contributed by atoms with Gasteiger partial charge in [0.15, 0.2) is 0 Å². The van der Waals surface area contributed by atoms with Crippen LogP contribution in [0, 0.1) is 0 Å². The number of hydrogen-bond acceptors (Lipinski definition) is 5. The van der Waals surface area contributed by atoms with Crippen LogP contribution in [0.15, 0.2) is 42.6 Å². The standard InChI is InChI=1S/C21H22N2O5/c1-23(2)11-10-13-12-22-16-8-5-9-17(18(13)16)28-21(26)15-7-4-6-14(20(24)25)19(15)27-3/h4-9,12,22H,10-11H2,1-3H3,(H,24,25).